The van der Waals surface area contributed by atoms with Gasteiger partial charge in [-0.25, -0.2) is 0 Å². The van der Waals surface area contributed by atoms with Gasteiger partial charge in [-0.05, 0) is 62.0 Å². The van der Waals surface area contributed by atoms with Crippen LogP contribution < -0.4 is 5.32 Å². The first-order valence-electron chi connectivity index (χ1n) is 12.1. The van der Waals surface area contributed by atoms with Gasteiger partial charge in [-0.3, -0.25) is 14.9 Å². The normalized spacial score (nSPS) is 14.1. The van der Waals surface area contributed by atoms with Gasteiger partial charge in [-0.2, -0.15) is 0 Å². The molecule has 0 spiro atoms. The first-order valence-corrected chi connectivity index (χ1v) is 14.6. The Kier molecular flexibility index (Phi) is 7.01. The highest BCUT2D eigenvalue weighted by molar-refractivity contribution is 7.98. The molecule has 0 unspecified atom stereocenters. The second-order valence-electron chi connectivity index (χ2n) is 8.79. The fraction of sp³-hybridized carbons (Fsp3) is 0.286. The quantitative estimate of drug-likeness (QED) is 0.227. The Balaban J connectivity index is 1.73. The summed E-state index contributed by atoms with van der Waals surface area (Å²) in [4.78, 5) is 34.4. The second-order valence-corrected chi connectivity index (χ2v) is 10.6. The first-order chi connectivity index (χ1) is 17.5. The summed E-state index contributed by atoms with van der Waals surface area (Å²) in [6.07, 6.45) is 7.97. The van der Waals surface area contributed by atoms with Crippen molar-refractivity contribution in [2.24, 2.45) is 0 Å². The number of H-pyrrole nitrogens is 1. The number of hydrogen-bond donors (Lipinski definition) is 2. The third-order valence-corrected chi connectivity index (χ3v) is 8.45. The van der Waals surface area contributed by atoms with Gasteiger partial charge >= 0.3 is 0 Å². The number of aromatic amines is 1. The van der Waals surface area contributed by atoms with Crippen LogP contribution in [-0.4, -0.2) is 58.4 Å². The minimum absolute atomic E-state index is 0.345. The Morgan fingerprint density at radius 1 is 0.861 bits per heavy atom. The Bertz CT molecular complexity index is 1510. The number of fused-ring (bicyclic) bond motifs is 2. The molecule has 186 valence electrons. The summed E-state index contributed by atoms with van der Waals surface area (Å²) in [5, 5.41) is 4.50. The van der Waals surface area contributed by atoms with Gasteiger partial charge in [0.25, 0.3) is 11.8 Å². The molecule has 0 bridgehead atoms. The summed E-state index contributed by atoms with van der Waals surface area (Å²) in [6.45, 7) is 8.04. The van der Waals surface area contributed by atoms with Crippen LogP contribution in [-0.2, 0) is 16.1 Å². The fourth-order valence-electron chi connectivity index (χ4n) is 4.98. The van der Waals surface area contributed by atoms with Crippen molar-refractivity contribution in [3.63, 3.8) is 0 Å². The number of benzene rings is 2. The highest BCUT2D eigenvalue weighted by atomic mass is 32.2. The molecule has 6 nitrogen and oxygen atoms in total. The number of imide groups is 1. The summed E-state index contributed by atoms with van der Waals surface area (Å²) in [7, 11) is 0. The molecule has 0 saturated heterocycles. The van der Waals surface area contributed by atoms with Crippen molar-refractivity contribution >= 4 is 68.3 Å². The zero-order valence-corrected chi connectivity index (χ0v) is 22.6. The predicted molar refractivity (Wildman–Crippen MR) is 152 cm³/mol. The standard InChI is InChI=1S/C28H30N4O2S2/c1-5-31(6-2)11-12-32-16-22(20-14-18(36-4)8-10-24(20)32)26-25(27(33)30-28(26)34)21-15-29-23-9-7-17(35-3)13-19(21)23/h7-10,13-16,29H,5-6,11-12H2,1-4H3,(H,30,33,34). The molecule has 1 aliphatic heterocycles. The number of hydrogen-bond acceptors (Lipinski definition) is 5. The molecule has 0 radical (unpaired) electrons. The molecule has 0 aliphatic carbocycles. The van der Waals surface area contributed by atoms with Crippen molar-refractivity contribution in [2.45, 2.75) is 30.2 Å². The van der Waals surface area contributed by atoms with Crippen LogP contribution in [0.3, 0.4) is 0 Å². The molecule has 2 aromatic carbocycles. The van der Waals surface area contributed by atoms with Crippen LogP contribution in [0, 0.1) is 0 Å². The third kappa shape index (κ3) is 4.27. The minimum atomic E-state index is -0.351. The van der Waals surface area contributed by atoms with Gasteiger partial charge in [0.2, 0.25) is 0 Å². The minimum Gasteiger partial charge on any atom is -0.361 e. The lowest BCUT2D eigenvalue weighted by Crippen LogP contribution is -2.26. The van der Waals surface area contributed by atoms with E-state index < -0.39 is 0 Å². The van der Waals surface area contributed by atoms with Crippen LogP contribution in [0.5, 0.6) is 0 Å². The lowest BCUT2D eigenvalue weighted by atomic mass is 9.95. The number of thioether (sulfide) groups is 2. The van der Waals surface area contributed by atoms with Crippen LogP contribution in [0.15, 0.2) is 58.6 Å². The summed E-state index contributed by atoms with van der Waals surface area (Å²) < 4.78 is 2.22. The number of carbonyl (C=O) groups is 2. The predicted octanol–water partition coefficient (Wildman–Crippen LogP) is 5.48. The van der Waals surface area contributed by atoms with E-state index in [0.29, 0.717) is 11.1 Å². The van der Waals surface area contributed by atoms with E-state index in [-0.39, 0.29) is 11.8 Å². The Morgan fingerprint density at radius 2 is 1.50 bits per heavy atom. The van der Waals surface area contributed by atoms with Crippen LogP contribution >= 0.6 is 23.5 Å². The van der Waals surface area contributed by atoms with E-state index in [4.69, 9.17) is 0 Å². The van der Waals surface area contributed by atoms with Crippen molar-refractivity contribution < 1.29 is 9.59 Å². The number of aromatic nitrogens is 2. The molecule has 0 atom stereocenters. The molecule has 2 amide bonds. The van der Waals surface area contributed by atoms with Gasteiger partial charge in [-0.1, -0.05) is 13.8 Å². The third-order valence-electron chi connectivity index (χ3n) is 7.00. The molecule has 1 aliphatic rings. The maximum absolute atomic E-state index is 13.3. The molecule has 2 aromatic heterocycles. The molecule has 2 N–H and O–H groups in total. The van der Waals surface area contributed by atoms with Gasteiger partial charge in [0, 0.05) is 68.2 Å². The summed E-state index contributed by atoms with van der Waals surface area (Å²) in [6, 6.07) is 12.5. The van der Waals surface area contributed by atoms with E-state index >= 15 is 0 Å². The average Bonchev–Trinajstić information content (AvgIpc) is 3.56. The van der Waals surface area contributed by atoms with E-state index in [1.165, 1.54) is 0 Å². The molecular formula is C28H30N4O2S2. The molecule has 3 heterocycles. The number of carbonyl (C=O) groups excluding carboxylic acids is 2. The van der Waals surface area contributed by atoms with Crippen LogP contribution in [0.2, 0.25) is 0 Å². The maximum Gasteiger partial charge on any atom is 0.259 e. The van der Waals surface area contributed by atoms with Gasteiger partial charge < -0.3 is 14.5 Å². The summed E-state index contributed by atoms with van der Waals surface area (Å²) in [5.41, 5.74) is 4.44. The number of likely N-dealkylation sites (N-methyl/N-ethyl adjacent to an activating group) is 1. The molecule has 0 fully saturated rings. The summed E-state index contributed by atoms with van der Waals surface area (Å²) in [5.74, 6) is -0.696. The molecule has 36 heavy (non-hydrogen) atoms. The van der Waals surface area contributed by atoms with Crippen LogP contribution in [0.1, 0.15) is 25.0 Å². The van der Waals surface area contributed by atoms with Crippen LogP contribution in [0.25, 0.3) is 33.0 Å². The van der Waals surface area contributed by atoms with Crippen molar-refractivity contribution in [1.29, 1.82) is 0 Å². The average molecular weight is 519 g/mol. The fourth-order valence-corrected chi connectivity index (χ4v) is 5.86. The lowest BCUT2D eigenvalue weighted by Gasteiger charge is -2.18. The van der Waals surface area contributed by atoms with Gasteiger partial charge in [0.1, 0.15) is 0 Å². The van der Waals surface area contributed by atoms with Gasteiger partial charge in [0.15, 0.2) is 0 Å². The first kappa shape index (κ1) is 24.7. The van der Waals surface area contributed by atoms with E-state index in [9.17, 15) is 9.59 Å². The Morgan fingerprint density at radius 3 is 2.17 bits per heavy atom. The maximum atomic E-state index is 13.3. The number of amides is 2. The highest BCUT2D eigenvalue weighted by Crippen LogP contribution is 2.39. The van der Waals surface area contributed by atoms with E-state index in [2.05, 4.69) is 63.9 Å². The lowest BCUT2D eigenvalue weighted by molar-refractivity contribution is -0.122. The monoisotopic (exact) mass is 518 g/mol. The van der Waals surface area contributed by atoms with Crippen LogP contribution in [0.4, 0.5) is 0 Å². The van der Waals surface area contributed by atoms with E-state index in [1.807, 2.05) is 31.0 Å². The van der Waals surface area contributed by atoms with Gasteiger partial charge in [-0.15, -0.1) is 23.5 Å². The highest BCUT2D eigenvalue weighted by Gasteiger charge is 2.35. The Labute approximate surface area is 219 Å². The zero-order valence-electron chi connectivity index (χ0n) is 21.0. The van der Waals surface area contributed by atoms with E-state index in [1.54, 1.807) is 23.5 Å². The zero-order chi connectivity index (χ0) is 25.4. The number of nitrogens with zero attached hydrogens (tertiary/aromatic N) is 2. The number of rotatable bonds is 9. The van der Waals surface area contributed by atoms with Crippen molar-refractivity contribution in [2.75, 3.05) is 32.1 Å². The second kappa shape index (κ2) is 10.2. The Hall–Kier alpha value is -2.94. The number of nitrogens with one attached hydrogen (secondary N) is 2. The molecular weight excluding hydrogens is 488 g/mol. The van der Waals surface area contributed by atoms with Crippen molar-refractivity contribution in [3.8, 4) is 0 Å². The largest absolute Gasteiger partial charge is 0.361 e. The molecule has 5 rings (SSSR count). The molecule has 8 heteroatoms. The van der Waals surface area contributed by atoms with Gasteiger partial charge in [0.05, 0.1) is 11.1 Å². The SMILES string of the molecule is CCN(CC)CCn1cc(C2=C(c3c[nH]c4ccc(SC)cc34)C(=O)NC2=O)c2cc(SC)ccc21. The summed E-state index contributed by atoms with van der Waals surface area (Å²) >= 11 is 3.32. The van der Waals surface area contributed by atoms with Crippen molar-refractivity contribution in [3.05, 3.63) is 59.9 Å². The smallest absolute Gasteiger partial charge is 0.259 e. The molecule has 4 aromatic rings. The van der Waals surface area contributed by atoms with Crippen molar-refractivity contribution in [1.82, 2.24) is 19.8 Å². The topological polar surface area (TPSA) is 70.1 Å². The van der Waals surface area contributed by atoms with E-state index in [0.717, 1.165) is 68.9 Å². The molecule has 0 saturated carbocycles.